The first-order chi connectivity index (χ1) is 15.7. The molecule has 4 rings (SSSR count). The summed E-state index contributed by atoms with van der Waals surface area (Å²) in [5.41, 5.74) is -1.05. The van der Waals surface area contributed by atoms with Gasteiger partial charge in [-0.15, -0.1) is 0 Å². The Kier molecular flexibility index (Phi) is 6.39. The standard InChI is InChI=1S/C22H18ClF3N4O3/c23-15-4-1-13(2-5-15)19-27-12-16(21(32)29-19)20(31)28-17-11-14(22(24,25)26)3-6-18(17)30-7-9-33-10-8-30/h1-6,11-12H,7-10H2,(H,28,31)(H,27,29,32). The second-order valence-electron chi connectivity index (χ2n) is 7.26. The van der Waals surface area contributed by atoms with Crippen LogP contribution in [-0.2, 0) is 10.9 Å². The molecule has 1 fully saturated rings. The molecule has 0 spiro atoms. The third kappa shape index (κ3) is 5.18. The number of anilines is 2. The maximum Gasteiger partial charge on any atom is 0.416 e. The molecule has 2 heterocycles. The maximum absolute atomic E-state index is 13.3. The van der Waals surface area contributed by atoms with E-state index in [4.69, 9.17) is 16.3 Å². The molecule has 0 bridgehead atoms. The van der Waals surface area contributed by atoms with Crippen LogP contribution in [0, 0.1) is 0 Å². The van der Waals surface area contributed by atoms with Crippen molar-refractivity contribution in [3.8, 4) is 11.4 Å². The number of carbonyl (C=O) groups is 1. The average Bonchev–Trinajstić information content (AvgIpc) is 2.79. The minimum absolute atomic E-state index is 0.0575. The van der Waals surface area contributed by atoms with Gasteiger partial charge in [-0.05, 0) is 42.5 Å². The number of aromatic nitrogens is 2. The predicted octanol–water partition coefficient (Wildman–Crippen LogP) is 4.20. The summed E-state index contributed by atoms with van der Waals surface area (Å²) in [4.78, 5) is 33.8. The zero-order valence-corrected chi connectivity index (χ0v) is 17.8. The highest BCUT2D eigenvalue weighted by molar-refractivity contribution is 6.30. The van der Waals surface area contributed by atoms with Crippen molar-refractivity contribution >= 4 is 28.9 Å². The number of rotatable bonds is 4. The predicted molar refractivity (Wildman–Crippen MR) is 118 cm³/mol. The summed E-state index contributed by atoms with van der Waals surface area (Å²) in [6, 6.07) is 9.66. The number of aromatic amines is 1. The van der Waals surface area contributed by atoms with Gasteiger partial charge in [0.2, 0.25) is 0 Å². The summed E-state index contributed by atoms with van der Waals surface area (Å²) in [5, 5.41) is 2.95. The summed E-state index contributed by atoms with van der Waals surface area (Å²) in [6.07, 6.45) is -3.51. The van der Waals surface area contributed by atoms with E-state index in [1.165, 1.54) is 6.07 Å². The molecule has 172 valence electrons. The number of ether oxygens (including phenoxy) is 1. The topological polar surface area (TPSA) is 87.3 Å². The summed E-state index contributed by atoms with van der Waals surface area (Å²) >= 11 is 5.86. The van der Waals surface area contributed by atoms with E-state index in [0.717, 1.165) is 18.3 Å². The number of hydrogen-bond donors (Lipinski definition) is 2. The minimum Gasteiger partial charge on any atom is -0.378 e. The molecule has 1 amide bonds. The molecule has 1 aromatic heterocycles. The van der Waals surface area contributed by atoms with Crippen LogP contribution in [0.15, 0.2) is 53.5 Å². The first kappa shape index (κ1) is 22.8. The van der Waals surface area contributed by atoms with Gasteiger partial charge in [0.1, 0.15) is 11.4 Å². The molecule has 33 heavy (non-hydrogen) atoms. The fourth-order valence-corrected chi connectivity index (χ4v) is 3.52. The van der Waals surface area contributed by atoms with Crippen LogP contribution in [0.3, 0.4) is 0 Å². The number of carbonyl (C=O) groups excluding carboxylic acids is 1. The smallest absolute Gasteiger partial charge is 0.378 e. The number of benzene rings is 2. The Hall–Kier alpha value is -3.37. The van der Waals surface area contributed by atoms with Crippen LogP contribution in [0.2, 0.25) is 5.02 Å². The molecule has 0 atom stereocenters. The lowest BCUT2D eigenvalue weighted by Gasteiger charge is -2.31. The second-order valence-corrected chi connectivity index (χ2v) is 7.70. The number of H-pyrrole nitrogens is 1. The maximum atomic E-state index is 13.3. The van der Waals surface area contributed by atoms with Crippen molar-refractivity contribution in [1.82, 2.24) is 9.97 Å². The minimum atomic E-state index is -4.59. The molecule has 0 saturated carbocycles. The lowest BCUT2D eigenvalue weighted by Crippen LogP contribution is -2.37. The van der Waals surface area contributed by atoms with Gasteiger partial charge in [0.25, 0.3) is 11.5 Å². The molecule has 1 aliphatic rings. The summed E-state index contributed by atoms with van der Waals surface area (Å²) in [5.74, 6) is -0.651. The highest BCUT2D eigenvalue weighted by atomic mass is 35.5. The fourth-order valence-electron chi connectivity index (χ4n) is 3.39. The monoisotopic (exact) mass is 478 g/mol. The van der Waals surface area contributed by atoms with Gasteiger partial charge < -0.3 is 19.9 Å². The summed E-state index contributed by atoms with van der Waals surface area (Å²) < 4.78 is 45.1. The molecule has 0 unspecified atom stereocenters. The van der Waals surface area contributed by atoms with E-state index >= 15 is 0 Å². The van der Waals surface area contributed by atoms with Gasteiger partial charge in [0, 0.05) is 29.9 Å². The lowest BCUT2D eigenvalue weighted by molar-refractivity contribution is -0.137. The average molecular weight is 479 g/mol. The molecule has 0 aliphatic carbocycles. The van der Waals surface area contributed by atoms with Gasteiger partial charge in [0.15, 0.2) is 0 Å². The third-order valence-electron chi connectivity index (χ3n) is 5.09. The van der Waals surface area contributed by atoms with Gasteiger partial charge in [-0.3, -0.25) is 9.59 Å². The molecule has 7 nitrogen and oxygen atoms in total. The molecule has 1 saturated heterocycles. The van der Waals surface area contributed by atoms with Gasteiger partial charge >= 0.3 is 6.18 Å². The number of amides is 1. The lowest BCUT2D eigenvalue weighted by atomic mass is 10.1. The molecule has 2 aromatic carbocycles. The quantitative estimate of drug-likeness (QED) is 0.587. The first-order valence-electron chi connectivity index (χ1n) is 9.93. The number of nitrogens with one attached hydrogen (secondary N) is 2. The largest absolute Gasteiger partial charge is 0.416 e. The van der Waals surface area contributed by atoms with E-state index in [1.807, 2.05) is 4.90 Å². The zero-order valence-electron chi connectivity index (χ0n) is 17.1. The van der Waals surface area contributed by atoms with Gasteiger partial charge in [-0.25, -0.2) is 4.98 Å². The van der Waals surface area contributed by atoms with Crippen LogP contribution < -0.4 is 15.8 Å². The molecular weight excluding hydrogens is 461 g/mol. The highest BCUT2D eigenvalue weighted by Gasteiger charge is 2.32. The van der Waals surface area contributed by atoms with Crippen LogP contribution in [0.5, 0.6) is 0 Å². The number of halogens is 4. The Morgan fingerprint density at radius 2 is 1.82 bits per heavy atom. The molecular formula is C22H18ClF3N4O3. The number of morpholine rings is 1. The van der Waals surface area contributed by atoms with E-state index in [-0.39, 0.29) is 17.1 Å². The molecule has 3 aromatic rings. The fraction of sp³-hybridized carbons (Fsp3) is 0.227. The number of alkyl halides is 3. The second kappa shape index (κ2) is 9.24. The van der Waals surface area contributed by atoms with E-state index in [0.29, 0.717) is 42.6 Å². The SMILES string of the molecule is O=C(Nc1cc(C(F)(F)F)ccc1N1CCOCC1)c1cnc(-c2ccc(Cl)cc2)[nH]c1=O. The van der Waals surface area contributed by atoms with Gasteiger partial charge in [0.05, 0.1) is 30.2 Å². The Balaban J connectivity index is 1.64. The van der Waals surface area contributed by atoms with E-state index in [9.17, 15) is 22.8 Å². The van der Waals surface area contributed by atoms with Crippen molar-refractivity contribution < 1.29 is 22.7 Å². The van der Waals surface area contributed by atoms with Crippen LogP contribution in [0.4, 0.5) is 24.5 Å². The van der Waals surface area contributed by atoms with Gasteiger partial charge in [-0.2, -0.15) is 13.2 Å². The third-order valence-corrected chi connectivity index (χ3v) is 5.34. The van der Waals surface area contributed by atoms with Gasteiger partial charge in [-0.1, -0.05) is 11.6 Å². The molecule has 11 heteroatoms. The van der Waals surface area contributed by atoms with Crippen LogP contribution in [0.1, 0.15) is 15.9 Å². The van der Waals surface area contributed by atoms with Crippen LogP contribution >= 0.6 is 11.6 Å². The molecule has 1 aliphatic heterocycles. The van der Waals surface area contributed by atoms with E-state index in [1.54, 1.807) is 24.3 Å². The van der Waals surface area contributed by atoms with Crippen molar-refractivity contribution in [3.63, 3.8) is 0 Å². The van der Waals surface area contributed by atoms with Crippen molar-refractivity contribution in [3.05, 3.63) is 75.2 Å². The van der Waals surface area contributed by atoms with Crippen molar-refractivity contribution in [2.24, 2.45) is 0 Å². The normalized spacial score (nSPS) is 14.2. The molecule has 0 radical (unpaired) electrons. The van der Waals surface area contributed by atoms with Crippen molar-refractivity contribution in [2.45, 2.75) is 6.18 Å². The van der Waals surface area contributed by atoms with E-state index in [2.05, 4.69) is 15.3 Å². The number of hydrogen-bond acceptors (Lipinski definition) is 5. The highest BCUT2D eigenvalue weighted by Crippen LogP contribution is 2.36. The van der Waals surface area contributed by atoms with Crippen LogP contribution in [0.25, 0.3) is 11.4 Å². The Morgan fingerprint density at radius 1 is 1.12 bits per heavy atom. The molecule has 2 N–H and O–H groups in total. The zero-order chi connectivity index (χ0) is 23.6. The van der Waals surface area contributed by atoms with E-state index < -0.39 is 23.2 Å². The Bertz CT molecular complexity index is 1220. The Labute approximate surface area is 191 Å². The summed E-state index contributed by atoms with van der Waals surface area (Å²) in [6.45, 7) is 1.71. The van der Waals surface area contributed by atoms with Crippen molar-refractivity contribution in [2.75, 3.05) is 36.5 Å². The number of nitrogens with zero attached hydrogens (tertiary/aromatic N) is 2. The first-order valence-corrected chi connectivity index (χ1v) is 10.3. The van der Waals surface area contributed by atoms with Crippen molar-refractivity contribution in [1.29, 1.82) is 0 Å². The summed E-state index contributed by atoms with van der Waals surface area (Å²) in [7, 11) is 0. The van der Waals surface area contributed by atoms with Crippen LogP contribution in [-0.4, -0.2) is 42.2 Å². The Morgan fingerprint density at radius 3 is 2.45 bits per heavy atom.